The lowest BCUT2D eigenvalue weighted by Crippen LogP contribution is -2.35. The monoisotopic (exact) mass is 365 g/mol. The average molecular weight is 365 g/mol. The Hall–Kier alpha value is -2.49. The minimum atomic E-state index is -0.702. The van der Waals surface area contributed by atoms with Gasteiger partial charge in [0, 0.05) is 23.9 Å². The molecule has 1 fully saturated rings. The van der Waals surface area contributed by atoms with Crippen molar-refractivity contribution in [3.63, 3.8) is 0 Å². The Balaban J connectivity index is 1.91. The van der Waals surface area contributed by atoms with Crippen molar-refractivity contribution in [3.05, 3.63) is 47.7 Å². The summed E-state index contributed by atoms with van der Waals surface area (Å²) < 4.78 is 5.31. The molecule has 1 aliphatic carbocycles. The van der Waals surface area contributed by atoms with Crippen molar-refractivity contribution in [3.8, 4) is 0 Å². The molecule has 2 aromatic rings. The second kappa shape index (κ2) is 8.03. The number of aromatic nitrogens is 1. The number of hydrogen-bond donors (Lipinski definition) is 0. The summed E-state index contributed by atoms with van der Waals surface area (Å²) in [5.74, 6) is 0.370. The molecule has 0 bridgehead atoms. The van der Waals surface area contributed by atoms with Crippen LogP contribution in [-0.4, -0.2) is 23.3 Å². The Morgan fingerprint density at radius 3 is 2.59 bits per heavy atom. The summed E-state index contributed by atoms with van der Waals surface area (Å²) in [5.41, 5.74) is 2.31. The molecule has 1 aliphatic rings. The van der Waals surface area contributed by atoms with Crippen molar-refractivity contribution >= 4 is 28.7 Å². The van der Waals surface area contributed by atoms with Crippen LogP contribution in [0, 0.1) is 5.41 Å². The van der Waals surface area contributed by atoms with Gasteiger partial charge in [0.2, 0.25) is 0 Å². The minimum absolute atomic E-state index is 0.222. The van der Waals surface area contributed by atoms with E-state index in [1.165, 1.54) is 0 Å². The topological polar surface area (TPSA) is 56.3 Å². The molecule has 0 N–H and O–H groups in total. The van der Waals surface area contributed by atoms with Crippen molar-refractivity contribution in [1.29, 1.82) is 0 Å². The molecule has 1 aromatic heterocycles. The molecule has 0 spiro atoms. The summed E-state index contributed by atoms with van der Waals surface area (Å²) in [5, 5.41) is 1.10. The number of hydrogen-bond acceptors (Lipinski definition) is 4. The van der Waals surface area contributed by atoms with Crippen molar-refractivity contribution in [2.24, 2.45) is 5.41 Å². The summed E-state index contributed by atoms with van der Waals surface area (Å²) in [4.78, 5) is 29.0. The zero-order chi connectivity index (χ0) is 19.4. The third-order valence-corrected chi connectivity index (χ3v) is 5.31. The molecule has 0 saturated heterocycles. The lowest BCUT2D eigenvalue weighted by atomic mass is 9.73. The zero-order valence-electron chi connectivity index (χ0n) is 16.3. The van der Waals surface area contributed by atoms with E-state index >= 15 is 0 Å². The fourth-order valence-electron chi connectivity index (χ4n) is 3.52. The fraction of sp³-hybridized carbons (Fsp3) is 0.435. The number of Topliss-reactive ketones (excluding diaryl/α,β-unsaturated/α-hetero) is 1. The number of pyridine rings is 1. The van der Waals surface area contributed by atoms with E-state index in [1.54, 1.807) is 0 Å². The minimum Gasteiger partial charge on any atom is -0.465 e. The molecule has 27 heavy (non-hydrogen) atoms. The third-order valence-electron chi connectivity index (χ3n) is 5.31. The fourth-order valence-corrected chi connectivity index (χ4v) is 3.52. The van der Waals surface area contributed by atoms with Gasteiger partial charge in [0.1, 0.15) is 5.78 Å². The molecule has 4 heteroatoms. The summed E-state index contributed by atoms with van der Waals surface area (Å²) in [6, 6.07) is 10.3. The van der Waals surface area contributed by atoms with E-state index in [-0.39, 0.29) is 11.8 Å². The van der Waals surface area contributed by atoms with Crippen LogP contribution in [-0.2, 0) is 14.3 Å². The summed E-state index contributed by atoms with van der Waals surface area (Å²) >= 11 is 0. The Bertz CT molecular complexity index is 872. The number of carbonyl (C=O) groups is 2. The first-order chi connectivity index (χ1) is 12.9. The number of nitrogens with zero attached hydrogens (tertiary/aromatic N) is 1. The first-order valence-electron chi connectivity index (χ1n) is 9.72. The maximum absolute atomic E-state index is 12.6. The molecular weight excluding hydrogens is 338 g/mol. The first kappa shape index (κ1) is 19.3. The van der Waals surface area contributed by atoms with Crippen LogP contribution in [0.5, 0.6) is 0 Å². The molecule has 1 aromatic carbocycles. The van der Waals surface area contributed by atoms with Crippen molar-refractivity contribution < 1.29 is 14.3 Å². The van der Waals surface area contributed by atoms with Gasteiger partial charge >= 0.3 is 5.97 Å². The van der Waals surface area contributed by atoms with Crippen LogP contribution in [0.25, 0.3) is 17.0 Å². The van der Waals surface area contributed by atoms with E-state index in [0.717, 1.165) is 22.2 Å². The number of rotatable bonds is 5. The highest BCUT2D eigenvalue weighted by molar-refractivity contribution is 5.87. The van der Waals surface area contributed by atoms with Gasteiger partial charge in [-0.3, -0.25) is 14.6 Å². The van der Waals surface area contributed by atoms with Crippen LogP contribution in [0.15, 0.2) is 36.4 Å². The molecule has 142 valence electrons. The average Bonchev–Trinajstić information content (AvgIpc) is 2.67. The van der Waals surface area contributed by atoms with E-state index in [1.807, 2.05) is 37.3 Å². The molecular formula is C23H27NO3. The van der Waals surface area contributed by atoms with Crippen LogP contribution in [0.2, 0.25) is 0 Å². The quantitative estimate of drug-likeness (QED) is 0.695. The van der Waals surface area contributed by atoms with E-state index in [9.17, 15) is 9.59 Å². The smallest absolute Gasteiger partial charge is 0.315 e. The van der Waals surface area contributed by atoms with E-state index < -0.39 is 5.41 Å². The number of ether oxygens (including phenoxy) is 1. The second-order valence-corrected chi connectivity index (χ2v) is 7.59. The van der Waals surface area contributed by atoms with Gasteiger partial charge in [-0.25, -0.2) is 0 Å². The molecule has 0 radical (unpaired) electrons. The molecule has 0 unspecified atom stereocenters. The molecule has 0 aliphatic heterocycles. The number of carbonyl (C=O) groups excluding carboxylic acids is 2. The highest BCUT2D eigenvalue weighted by Gasteiger charge is 2.40. The van der Waals surface area contributed by atoms with Crippen LogP contribution in [0.1, 0.15) is 63.6 Å². The lowest BCUT2D eigenvalue weighted by molar-refractivity contribution is -0.154. The van der Waals surface area contributed by atoms with Crippen LogP contribution < -0.4 is 0 Å². The van der Waals surface area contributed by atoms with Gasteiger partial charge in [0.05, 0.1) is 17.5 Å². The zero-order valence-corrected chi connectivity index (χ0v) is 16.3. The van der Waals surface area contributed by atoms with Crippen LogP contribution in [0.3, 0.4) is 0 Å². The van der Waals surface area contributed by atoms with E-state index in [4.69, 9.17) is 9.72 Å². The Kier molecular flexibility index (Phi) is 5.73. The van der Waals surface area contributed by atoms with Gasteiger partial charge < -0.3 is 4.74 Å². The summed E-state index contributed by atoms with van der Waals surface area (Å²) in [7, 11) is 0. The SMILES string of the molecule is CCOC(=O)C1(/C=C/c2ccc3ccc(C(C)C)nc3c2)CCC(=O)CC1. The molecule has 0 atom stereocenters. The van der Waals surface area contributed by atoms with Gasteiger partial charge in [0.15, 0.2) is 0 Å². The Morgan fingerprint density at radius 2 is 1.93 bits per heavy atom. The normalized spacial score (nSPS) is 17.0. The maximum atomic E-state index is 12.6. The largest absolute Gasteiger partial charge is 0.465 e. The van der Waals surface area contributed by atoms with Crippen LogP contribution in [0.4, 0.5) is 0 Å². The highest BCUT2D eigenvalue weighted by atomic mass is 16.5. The van der Waals surface area contributed by atoms with Crippen molar-refractivity contribution in [2.45, 2.75) is 52.4 Å². The summed E-state index contributed by atoms with van der Waals surface area (Å²) in [6.45, 7) is 6.42. The first-order valence-corrected chi connectivity index (χ1v) is 9.72. The van der Waals surface area contributed by atoms with E-state index in [0.29, 0.717) is 38.2 Å². The van der Waals surface area contributed by atoms with Crippen molar-refractivity contribution in [1.82, 2.24) is 4.98 Å². The van der Waals surface area contributed by atoms with Crippen molar-refractivity contribution in [2.75, 3.05) is 6.61 Å². The standard InChI is InChI=1S/C23H27NO3/c1-4-27-22(26)23(13-10-19(25)11-14-23)12-9-17-5-6-18-7-8-20(16(2)3)24-21(18)15-17/h5-9,12,15-16H,4,10-11,13-14H2,1-3H3/b12-9+. The van der Waals surface area contributed by atoms with Gasteiger partial charge in [-0.15, -0.1) is 0 Å². The molecule has 1 saturated carbocycles. The number of benzene rings is 1. The summed E-state index contributed by atoms with van der Waals surface area (Å²) in [6.07, 6.45) is 5.80. The Morgan fingerprint density at radius 1 is 1.22 bits per heavy atom. The number of fused-ring (bicyclic) bond motifs is 1. The second-order valence-electron chi connectivity index (χ2n) is 7.59. The molecule has 1 heterocycles. The molecule has 3 rings (SSSR count). The predicted molar refractivity (Wildman–Crippen MR) is 107 cm³/mol. The molecule has 0 amide bonds. The van der Waals surface area contributed by atoms with E-state index in [2.05, 4.69) is 26.0 Å². The van der Waals surface area contributed by atoms with Gasteiger partial charge in [-0.05, 0) is 43.4 Å². The van der Waals surface area contributed by atoms with Crippen LogP contribution >= 0.6 is 0 Å². The third kappa shape index (κ3) is 4.26. The van der Waals surface area contributed by atoms with Gasteiger partial charge in [-0.2, -0.15) is 0 Å². The highest BCUT2D eigenvalue weighted by Crippen LogP contribution is 2.38. The Labute approximate surface area is 160 Å². The predicted octanol–water partition coefficient (Wildman–Crippen LogP) is 5.06. The number of ketones is 1. The van der Waals surface area contributed by atoms with Gasteiger partial charge in [-0.1, -0.05) is 44.2 Å². The van der Waals surface area contributed by atoms with Gasteiger partial charge in [0.25, 0.3) is 0 Å². The lowest BCUT2D eigenvalue weighted by Gasteiger charge is -2.31. The molecule has 4 nitrogen and oxygen atoms in total. The maximum Gasteiger partial charge on any atom is 0.315 e. The number of esters is 1.